The predicted molar refractivity (Wildman–Crippen MR) is 70.9 cm³/mol. The first-order valence-corrected chi connectivity index (χ1v) is 7.17. The summed E-state index contributed by atoms with van der Waals surface area (Å²) >= 11 is 0. The summed E-state index contributed by atoms with van der Waals surface area (Å²) in [4.78, 5) is 0. The average Bonchev–Trinajstić information content (AvgIpc) is 2.90. The molecule has 1 fully saturated rings. The normalized spacial score (nSPS) is 19.4. The first kappa shape index (κ1) is 12.7. The zero-order valence-corrected chi connectivity index (χ0v) is 11.0. The molecule has 1 aromatic heterocycles. The zero-order valence-electron chi connectivity index (χ0n) is 11.0. The fraction of sp³-hybridized carbons (Fsp3) is 0.733. The van der Waals surface area contributed by atoms with Gasteiger partial charge in [-0.15, -0.1) is 0 Å². The Balaban J connectivity index is 1.69. The topological polar surface area (TPSA) is 25.2 Å². The third kappa shape index (κ3) is 3.88. The number of hydrogen-bond donors (Lipinski definition) is 1. The van der Waals surface area contributed by atoms with Crippen LogP contribution in [0.4, 0.5) is 0 Å². The molecular formula is C15H25NO. The van der Waals surface area contributed by atoms with Gasteiger partial charge in [-0.2, -0.15) is 0 Å². The van der Waals surface area contributed by atoms with Gasteiger partial charge in [0, 0.05) is 0 Å². The second-order valence-corrected chi connectivity index (χ2v) is 5.22. The Bertz CT molecular complexity index is 288. The third-order valence-corrected chi connectivity index (χ3v) is 3.96. The molecule has 2 heteroatoms. The van der Waals surface area contributed by atoms with Crippen LogP contribution in [0.15, 0.2) is 22.8 Å². The molecule has 1 atom stereocenters. The van der Waals surface area contributed by atoms with Gasteiger partial charge in [-0.25, -0.2) is 0 Å². The minimum atomic E-state index is 0.397. The van der Waals surface area contributed by atoms with Gasteiger partial charge in [-0.3, -0.25) is 0 Å². The molecule has 96 valence electrons. The van der Waals surface area contributed by atoms with Crippen molar-refractivity contribution in [3.63, 3.8) is 0 Å². The molecule has 0 aliphatic heterocycles. The standard InChI is InChI=1S/C15H25NO/c1-2-14(15-9-6-12-17-15)16-11-10-13-7-4-3-5-8-13/h6,9,12-14,16H,2-5,7-8,10-11H2,1H3. The number of rotatable bonds is 6. The van der Waals surface area contributed by atoms with Crippen molar-refractivity contribution >= 4 is 0 Å². The number of nitrogens with one attached hydrogen (secondary N) is 1. The van der Waals surface area contributed by atoms with Gasteiger partial charge in [0.1, 0.15) is 5.76 Å². The van der Waals surface area contributed by atoms with Gasteiger partial charge in [0.25, 0.3) is 0 Å². The fourth-order valence-electron chi connectivity index (χ4n) is 2.87. The van der Waals surface area contributed by atoms with Crippen LogP contribution in [-0.4, -0.2) is 6.54 Å². The molecule has 0 aromatic carbocycles. The van der Waals surface area contributed by atoms with E-state index in [4.69, 9.17) is 4.42 Å². The molecule has 1 saturated carbocycles. The van der Waals surface area contributed by atoms with E-state index < -0.39 is 0 Å². The summed E-state index contributed by atoms with van der Waals surface area (Å²) in [7, 11) is 0. The molecule has 17 heavy (non-hydrogen) atoms. The number of hydrogen-bond acceptors (Lipinski definition) is 2. The third-order valence-electron chi connectivity index (χ3n) is 3.96. The van der Waals surface area contributed by atoms with Crippen molar-refractivity contribution < 1.29 is 4.42 Å². The van der Waals surface area contributed by atoms with E-state index in [2.05, 4.69) is 18.3 Å². The van der Waals surface area contributed by atoms with E-state index in [1.165, 1.54) is 38.5 Å². The summed E-state index contributed by atoms with van der Waals surface area (Å²) in [5.41, 5.74) is 0. The van der Waals surface area contributed by atoms with Gasteiger partial charge in [0.05, 0.1) is 12.3 Å². The van der Waals surface area contributed by atoms with Crippen LogP contribution in [0.1, 0.15) is 63.7 Å². The summed E-state index contributed by atoms with van der Waals surface area (Å²) in [6.45, 7) is 3.34. The van der Waals surface area contributed by atoms with Crippen LogP contribution < -0.4 is 5.32 Å². The molecule has 1 aliphatic carbocycles. The van der Waals surface area contributed by atoms with E-state index in [0.717, 1.165) is 24.6 Å². The Morgan fingerprint density at radius 3 is 2.82 bits per heavy atom. The predicted octanol–water partition coefficient (Wildman–Crippen LogP) is 4.29. The van der Waals surface area contributed by atoms with Gasteiger partial charge >= 0.3 is 0 Å². The summed E-state index contributed by atoms with van der Waals surface area (Å²) in [5, 5.41) is 3.63. The average molecular weight is 235 g/mol. The Labute approximate surface area is 105 Å². The molecule has 0 bridgehead atoms. The summed E-state index contributed by atoms with van der Waals surface area (Å²) < 4.78 is 5.47. The minimum Gasteiger partial charge on any atom is -0.468 e. The van der Waals surface area contributed by atoms with Crippen molar-refractivity contribution in [1.29, 1.82) is 0 Å². The van der Waals surface area contributed by atoms with E-state index in [1.54, 1.807) is 6.26 Å². The van der Waals surface area contributed by atoms with Crippen molar-refractivity contribution in [2.24, 2.45) is 5.92 Å². The first-order chi connectivity index (χ1) is 8.40. The monoisotopic (exact) mass is 235 g/mol. The lowest BCUT2D eigenvalue weighted by Gasteiger charge is -2.22. The smallest absolute Gasteiger partial charge is 0.120 e. The van der Waals surface area contributed by atoms with Crippen molar-refractivity contribution in [1.82, 2.24) is 5.32 Å². The lowest BCUT2D eigenvalue weighted by atomic mass is 9.87. The van der Waals surface area contributed by atoms with E-state index >= 15 is 0 Å². The molecule has 1 aromatic rings. The summed E-state index contributed by atoms with van der Waals surface area (Å²) in [6.07, 6.45) is 11.4. The van der Waals surface area contributed by atoms with Crippen LogP contribution in [-0.2, 0) is 0 Å². The van der Waals surface area contributed by atoms with Crippen LogP contribution >= 0.6 is 0 Å². The van der Waals surface area contributed by atoms with Crippen LogP contribution in [0.2, 0.25) is 0 Å². The number of furan rings is 1. The molecule has 0 radical (unpaired) electrons. The molecule has 2 rings (SSSR count). The molecule has 1 aliphatic rings. The lowest BCUT2D eigenvalue weighted by molar-refractivity contribution is 0.319. The highest BCUT2D eigenvalue weighted by Crippen LogP contribution is 2.26. The minimum absolute atomic E-state index is 0.397. The molecule has 0 spiro atoms. The quantitative estimate of drug-likeness (QED) is 0.795. The zero-order chi connectivity index (χ0) is 11.9. The maximum Gasteiger partial charge on any atom is 0.120 e. The fourth-order valence-corrected chi connectivity index (χ4v) is 2.87. The van der Waals surface area contributed by atoms with E-state index in [-0.39, 0.29) is 0 Å². The van der Waals surface area contributed by atoms with Crippen molar-refractivity contribution in [2.75, 3.05) is 6.54 Å². The molecule has 1 unspecified atom stereocenters. The second kappa shape index (κ2) is 6.85. The molecule has 2 nitrogen and oxygen atoms in total. The highest BCUT2D eigenvalue weighted by molar-refractivity contribution is 5.03. The Kier molecular flexibility index (Phi) is 5.11. The van der Waals surface area contributed by atoms with Crippen LogP contribution in [0.5, 0.6) is 0 Å². The highest BCUT2D eigenvalue weighted by atomic mass is 16.3. The summed E-state index contributed by atoms with van der Waals surface area (Å²) in [5.74, 6) is 2.04. The Hall–Kier alpha value is -0.760. The highest BCUT2D eigenvalue weighted by Gasteiger charge is 2.15. The van der Waals surface area contributed by atoms with Crippen LogP contribution in [0.3, 0.4) is 0 Å². The van der Waals surface area contributed by atoms with E-state index in [9.17, 15) is 0 Å². The second-order valence-electron chi connectivity index (χ2n) is 5.22. The molecule has 1 N–H and O–H groups in total. The van der Waals surface area contributed by atoms with Gasteiger partial charge in [-0.05, 0) is 37.4 Å². The van der Waals surface area contributed by atoms with Gasteiger partial charge in [0.2, 0.25) is 0 Å². The van der Waals surface area contributed by atoms with E-state index in [0.29, 0.717) is 6.04 Å². The lowest BCUT2D eigenvalue weighted by Crippen LogP contribution is -2.23. The first-order valence-electron chi connectivity index (χ1n) is 7.17. The van der Waals surface area contributed by atoms with Gasteiger partial charge < -0.3 is 9.73 Å². The SMILES string of the molecule is CCC(NCCC1CCCCC1)c1ccco1. The van der Waals surface area contributed by atoms with Crippen molar-refractivity contribution in [3.8, 4) is 0 Å². The Morgan fingerprint density at radius 2 is 2.18 bits per heavy atom. The van der Waals surface area contributed by atoms with Gasteiger partial charge in [-0.1, -0.05) is 39.0 Å². The Morgan fingerprint density at radius 1 is 1.35 bits per heavy atom. The maximum absolute atomic E-state index is 5.47. The molecule has 0 saturated heterocycles. The van der Waals surface area contributed by atoms with E-state index in [1.807, 2.05) is 6.07 Å². The van der Waals surface area contributed by atoms with Crippen molar-refractivity contribution in [3.05, 3.63) is 24.2 Å². The van der Waals surface area contributed by atoms with Crippen LogP contribution in [0, 0.1) is 5.92 Å². The summed E-state index contributed by atoms with van der Waals surface area (Å²) in [6, 6.07) is 4.44. The molecule has 0 amide bonds. The molecule has 1 heterocycles. The van der Waals surface area contributed by atoms with Gasteiger partial charge in [0.15, 0.2) is 0 Å². The van der Waals surface area contributed by atoms with Crippen molar-refractivity contribution in [2.45, 2.75) is 57.9 Å². The maximum atomic E-state index is 5.47. The largest absolute Gasteiger partial charge is 0.468 e. The molecular weight excluding hydrogens is 210 g/mol. The van der Waals surface area contributed by atoms with Crippen LogP contribution in [0.25, 0.3) is 0 Å².